The maximum absolute atomic E-state index is 5.80. The van der Waals surface area contributed by atoms with Crippen LogP contribution in [0.5, 0.6) is 0 Å². The third-order valence-corrected chi connectivity index (χ3v) is 6.55. The molecule has 2 atom stereocenters. The van der Waals surface area contributed by atoms with Crippen LogP contribution in [0, 0.1) is 6.92 Å². The average molecular weight is 403 g/mol. The van der Waals surface area contributed by atoms with Gasteiger partial charge in [0, 0.05) is 30.3 Å². The van der Waals surface area contributed by atoms with Crippen LogP contribution < -0.4 is 10.2 Å². The van der Waals surface area contributed by atoms with Crippen molar-refractivity contribution in [3.63, 3.8) is 0 Å². The van der Waals surface area contributed by atoms with Gasteiger partial charge in [-0.2, -0.15) is 0 Å². The van der Waals surface area contributed by atoms with E-state index in [0.29, 0.717) is 6.04 Å². The average Bonchev–Trinajstić information content (AvgIpc) is 3.49. The van der Waals surface area contributed by atoms with Crippen molar-refractivity contribution in [1.82, 2.24) is 14.9 Å². The normalized spacial score (nSPS) is 22.2. The summed E-state index contributed by atoms with van der Waals surface area (Å²) >= 11 is 5.80. The number of hydrogen-bond donors (Lipinski definition) is 1. The number of nitrogens with zero attached hydrogens (tertiary/aromatic N) is 3. The monoisotopic (exact) mass is 402 g/mol. The lowest BCUT2D eigenvalue weighted by molar-refractivity contribution is 0.515. The van der Waals surface area contributed by atoms with Crippen molar-refractivity contribution in [3.05, 3.63) is 83.9 Å². The Bertz CT molecular complexity index is 989. The molecule has 5 heteroatoms. The number of nitrogens with one attached hydrogen (secondary N) is 1. The van der Waals surface area contributed by atoms with Crippen molar-refractivity contribution < 1.29 is 0 Å². The van der Waals surface area contributed by atoms with Crippen molar-refractivity contribution in [1.29, 1.82) is 0 Å². The first-order valence-electron chi connectivity index (χ1n) is 10.5. The van der Waals surface area contributed by atoms with Gasteiger partial charge in [-0.3, -0.25) is 4.98 Å². The molecule has 148 valence electrons. The molecule has 3 heterocycles. The number of pyridine rings is 1. The molecular weight excluding hydrogens is 376 g/mol. The Morgan fingerprint density at radius 3 is 2.55 bits per heavy atom. The highest BCUT2D eigenvalue weighted by Crippen LogP contribution is 2.42. The van der Waals surface area contributed by atoms with Gasteiger partial charge in [0.2, 0.25) is 0 Å². The summed E-state index contributed by atoms with van der Waals surface area (Å²) in [5.74, 6) is 0. The fourth-order valence-electron chi connectivity index (χ4n) is 4.71. The lowest BCUT2D eigenvalue weighted by atomic mass is 9.98. The van der Waals surface area contributed by atoms with E-state index in [1.54, 1.807) is 0 Å². The van der Waals surface area contributed by atoms with Gasteiger partial charge in [0.1, 0.15) is 0 Å². The molecule has 3 aromatic rings. The van der Waals surface area contributed by atoms with Crippen LogP contribution in [-0.2, 0) is 0 Å². The summed E-state index contributed by atoms with van der Waals surface area (Å²) in [5.41, 5.74) is 4.66. The van der Waals surface area contributed by atoms with Crippen LogP contribution in [0.1, 0.15) is 60.6 Å². The molecule has 1 aliphatic carbocycles. The van der Waals surface area contributed by atoms with E-state index in [0.717, 1.165) is 16.5 Å². The number of aromatic nitrogens is 2. The zero-order valence-corrected chi connectivity index (χ0v) is 17.5. The lowest BCUT2D eigenvalue weighted by Gasteiger charge is -2.27. The minimum atomic E-state index is 0.0180. The number of rotatable bonds is 4. The van der Waals surface area contributed by atoms with E-state index in [9.17, 15) is 0 Å². The molecule has 2 aromatic heterocycles. The first-order chi connectivity index (χ1) is 14.2. The quantitative estimate of drug-likeness (QED) is 0.586. The molecule has 1 saturated heterocycles. The second-order valence-corrected chi connectivity index (χ2v) is 8.55. The summed E-state index contributed by atoms with van der Waals surface area (Å²) in [6, 6.07) is 17.7. The summed E-state index contributed by atoms with van der Waals surface area (Å²) in [5, 5.41) is 4.30. The molecule has 1 aromatic carbocycles. The Morgan fingerprint density at radius 1 is 1.03 bits per heavy atom. The standard InChI is InChI=1S/C24H26N4S/c1-17-9-11-20(12-10-17)28-23(18-13-15-27(16-18)19-6-2-3-7-19)22(26-24(28)29)21-8-4-5-14-25-21/h4-5,8-16,19,22-23H,2-3,6-7H2,1H3,(H,26,29)/t22-,23-/m1/s1. The van der Waals surface area contributed by atoms with E-state index in [4.69, 9.17) is 12.2 Å². The van der Waals surface area contributed by atoms with Gasteiger partial charge in [-0.1, -0.05) is 36.6 Å². The second-order valence-electron chi connectivity index (χ2n) is 8.16. The topological polar surface area (TPSA) is 33.1 Å². The molecule has 0 radical (unpaired) electrons. The summed E-state index contributed by atoms with van der Waals surface area (Å²) < 4.78 is 2.41. The fourth-order valence-corrected chi connectivity index (χ4v) is 5.06. The minimum Gasteiger partial charge on any atom is -0.351 e. The van der Waals surface area contributed by atoms with Crippen molar-refractivity contribution in [2.75, 3.05) is 4.90 Å². The number of anilines is 1. The van der Waals surface area contributed by atoms with Crippen molar-refractivity contribution in [2.45, 2.75) is 50.7 Å². The number of aryl methyl sites for hydroxylation is 1. The second kappa shape index (κ2) is 7.64. The molecule has 0 unspecified atom stereocenters. The van der Waals surface area contributed by atoms with E-state index in [1.165, 1.54) is 36.8 Å². The molecule has 1 N–H and O–H groups in total. The smallest absolute Gasteiger partial charge is 0.174 e. The molecule has 0 bridgehead atoms. The van der Waals surface area contributed by atoms with Gasteiger partial charge < -0.3 is 14.8 Å². The maximum atomic E-state index is 5.80. The third-order valence-electron chi connectivity index (χ3n) is 6.24. The van der Waals surface area contributed by atoms with E-state index in [-0.39, 0.29) is 12.1 Å². The first kappa shape index (κ1) is 18.4. The Morgan fingerprint density at radius 2 is 1.83 bits per heavy atom. The molecule has 1 saturated carbocycles. The van der Waals surface area contributed by atoms with Gasteiger partial charge in [-0.05, 0) is 67.9 Å². The SMILES string of the molecule is Cc1ccc(N2C(=S)N[C@H](c3ccccn3)[C@H]2c2ccn(C3CCCC3)c2)cc1. The van der Waals surface area contributed by atoms with Gasteiger partial charge in [-0.25, -0.2) is 0 Å². The van der Waals surface area contributed by atoms with Gasteiger partial charge in [-0.15, -0.1) is 0 Å². The van der Waals surface area contributed by atoms with Crippen molar-refractivity contribution in [2.24, 2.45) is 0 Å². The number of hydrogen-bond acceptors (Lipinski definition) is 2. The molecule has 2 fully saturated rings. The van der Waals surface area contributed by atoms with Crippen LogP contribution >= 0.6 is 12.2 Å². The number of thiocarbonyl (C=S) groups is 1. The Kier molecular flexibility index (Phi) is 4.84. The Hall–Kier alpha value is -2.66. The zero-order valence-electron chi connectivity index (χ0n) is 16.7. The molecule has 0 amide bonds. The van der Waals surface area contributed by atoms with Crippen LogP contribution in [0.3, 0.4) is 0 Å². The van der Waals surface area contributed by atoms with Crippen LogP contribution in [0.2, 0.25) is 0 Å². The predicted octanol–water partition coefficient (Wildman–Crippen LogP) is 5.48. The van der Waals surface area contributed by atoms with Crippen LogP contribution in [-0.4, -0.2) is 14.7 Å². The van der Waals surface area contributed by atoms with Gasteiger partial charge in [0.25, 0.3) is 0 Å². The van der Waals surface area contributed by atoms with Gasteiger partial charge in [0.05, 0.1) is 17.8 Å². The minimum absolute atomic E-state index is 0.0180. The van der Waals surface area contributed by atoms with E-state index < -0.39 is 0 Å². The molecule has 0 spiro atoms. The molecule has 1 aliphatic heterocycles. The van der Waals surface area contributed by atoms with Crippen molar-refractivity contribution in [3.8, 4) is 0 Å². The predicted molar refractivity (Wildman–Crippen MR) is 121 cm³/mol. The van der Waals surface area contributed by atoms with Gasteiger partial charge in [0.15, 0.2) is 5.11 Å². The molecular formula is C24H26N4S. The number of benzene rings is 1. The molecule has 4 nitrogen and oxygen atoms in total. The first-order valence-corrected chi connectivity index (χ1v) is 10.9. The van der Waals surface area contributed by atoms with Crippen LogP contribution in [0.15, 0.2) is 67.1 Å². The maximum Gasteiger partial charge on any atom is 0.174 e. The fraction of sp³-hybridized carbons (Fsp3) is 0.333. The van der Waals surface area contributed by atoms with E-state index >= 15 is 0 Å². The summed E-state index contributed by atoms with van der Waals surface area (Å²) in [7, 11) is 0. The van der Waals surface area contributed by atoms with Gasteiger partial charge >= 0.3 is 0 Å². The Balaban J connectivity index is 1.56. The van der Waals surface area contributed by atoms with E-state index in [1.807, 2.05) is 18.3 Å². The molecule has 29 heavy (non-hydrogen) atoms. The summed E-state index contributed by atoms with van der Waals surface area (Å²) in [4.78, 5) is 6.89. The lowest BCUT2D eigenvalue weighted by Crippen LogP contribution is -2.29. The highest BCUT2D eigenvalue weighted by atomic mass is 32.1. The molecule has 5 rings (SSSR count). The highest BCUT2D eigenvalue weighted by molar-refractivity contribution is 7.80. The Labute approximate surface area is 177 Å². The molecule has 2 aliphatic rings. The third kappa shape index (κ3) is 3.44. The summed E-state index contributed by atoms with van der Waals surface area (Å²) in [6.45, 7) is 2.11. The zero-order chi connectivity index (χ0) is 19.8. The van der Waals surface area contributed by atoms with Crippen LogP contribution in [0.4, 0.5) is 5.69 Å². The largest absolute Gasteiger partial charge is 0.351 e. The van der Waals surface area contributed by atoms with E-state index in [2.05, 4.69) is 75.5 Å². The van der Waals surface area contributed by atoms with Crippen molar-refractivity contribution >= 4 is 23.0 Å². The van der Waals surface area contributed by atoms with Crippen LogP contribution in [0.25, 0.3) is 0 Å². The summed E-state index contributed by atoms with van der Waals surface area (Å²) in [6.07, 6.45) is 11.7. The highest BCUT2D eigenvalue weighted by Gasteiger charge is 2.41.